The molecule has 0 aliphatic heterocycles. The molecule has 0 fully saturated rings. The third-order valence-corrected chi connectivity index (χ3v) is 5.80. The van der Waals surface area contributed by atoms with E-state index in [0.29, 0.717) is 51.9 Å². The fourth-order valence-electron chi connectivity index (χ4n) is 3.65. The Hall–Kier alpha value is -3.10. The molecule has 33 heavy (non-hydrogen) atoms. The van der Waals surface area contributed by atoms with Gasteiger partial charge in [0.1, 0.15) is 17.3 Å². The molecule has 3 aromatic rings. The molecule has 0 saturated heterocycles. The molecule has 0 bridgehead atoms. The number of rotatable bonds is 8. The predicted octanol–water partition coefficient (Wildman–Crippen LogP) is 3.37. The van der Waals surface area contributed by atoms with E-state index in [1.54, 1.807) is 48.3 Å². The van der Waals surface area contributed by atoms with Crippen LogP contribution in [0.25, 0.3) is 10.9 Å². The van der Waals surface area contributed by atoms with Crippen LogP contribution >= 0.6 is 11.6 Å². The molecule has 1 heterocycles. The molecule has 1 atom stereocenters. The Balaban J connectivity index is 2.09. The van der Waals surface area contributed by atoms with Crippen molar-refractivity contribution in [1.29, 1.82) is 0 Å². The SMILES string of the molecule is COc1cc(OC)cc(C(=O)N(CCN(C)C)C(C)c2nc3ccc(Cl)cc3c(=O)n2C)c1. The molecule has 0 aliphatic rings. The van der Waals surface area contributed by atoms with Gasteiger partial charge in [0.05, 0.1) is 31.2 Å². The minimum Gasteiger partial charge on any atom is -0.497 e. The number of ether oxygens (including phenoxy) is 2. The van der Waals surface area contributed by atoms with Crippen molar-refractivity contribution in [3.8, 4) is 11.5 Å². The molecule has 2 aromatic carbocycles. The van der Waals surface area contributed by atoms with E-state index in [4.69, 9.17) is 26.1 Å². The molecule has 1 aromatic heterocycles. The van der Waals surface area contributed by atoms with Crippen LogP contribution in [0.2, 0.25) is 5.02 Å². The van der Waals surface area contributed by atoms with E-state index >= 15 is 0 Å². The lowest BCUT2D eigenvalue weighted by Gasteiger charge is -2.31. The zero-order valence-corrected chi connectivity index (χ0v) is 20.5. The largest absolute Gasteiger partial charge is 0.497 e. The number of halogens is 1. The summed E-state index contributed by atoms with van der Waals surface area (Å²) in [4.78, 5) is 35.1. The highest BCUT2D eigenvalue weighted by molar-refractivity contribution is 6.31. The maximum absolute atomic E-state index is 13.7. The van der Waals surface area contributed by atoms with E-state index in [-0.39, 0.29) is 11.5 Å². The van der Waals surface area contributed by atoms with Crippen molar-refractivity contribution in [2.45, 2.75) is 13.0 Å². The first-order valence-electron chi connectivity index (χ1n) is 10.5. The van der Waals surface area contributed by atoms with Gasteiger partial charge in [0.25, 0.3) is 11.5 Å². The van der Waals surface area contributed by atoms with E-state index < -0.39 is 6.04 Å². The summed E-state index contributed by atoms with van der Waals surface area (Å²) in [6.07, 6.45) is 0. The highest BCUT2D eigenvalue weighted by Crippen LogP contribution is 2.27. The maximum atomic E-state index is 13.7. The molecule has 0 N–H and O–H groups in total. The van der Waals surface area contributed by atoms with Crippen LogP contribution in [-0.2, 0) is 7.05 Å². The lowest BCUT2D eigenvalue weighted by atomic mass is 10.1. The molecule has 0 radical (unpaired) electrons. The van der Waals surface area contributed by atoms with Crippen molar-refractivity contribution in [3.63, 3.8) is 0 Å². The average molecular weight is 473 g/mol. The Morgan fingerprint density at radius 2 is 1.73 bits per heavy atom. The number of amides is 1. The predicted molar refractivity (Wildman–Crippen MR) is 130 cm³/mol. The van der Waals surface area contributed by atoms with Crippen LogP contribution in [0.5, 0.6) is 11.5 Å². The normalized spacial score (nSPS) is 12.1. The number of hydrogen-bond acceptors (Lipinski definition) is 6. The van der Waals surface area contributed by atoms with E-state index in [1.165, 1.54) is 18.8 Å². The summed E-state index contributed by atoms with van der Waals surface area (Å²) in [7, 11) is 8.61. The molecule has 8 nitrogen and oxygen atoms in total. The Labute approximate surface area is 198 Å². The summed E-state index contributed by atoms with van der Waals surface area (Å²) in [5.41, 5.74) is 0.745. The van der Waals surface area contributed by atoms with E-state index in [0.717, 1.165) is 0 Å². The molecule has 1 amide bonds. The van der Waals surface area contributed by atoms with Crippen molar-refractivity contribution >= 4 is 28.4 Å². The van der Waals surface area contributed by atoms with Gasteiger partial charge in [-0.25, -0.2) is 4.98 Å². The zero-order chi connectivity index (χ0) is 24.3. The van der Waals surface area contributed by atoms with Crippen molar-refractivity contribution in [1.82, 2.24) is 19.4 Å². The van der Waals surface area contributed by atoms with Gasteiger partial charge in [-0.2, -0.15) is 0 Å². The molecular formula is C24H29ClN4O4. The number of fused-ring (bicyclic) bond motifs is 1. The monoisotopic (exact) mass is 472 g/mol. The first-order valence-corrected chi connectivity index (χ1v) is 10.9. The third-order valence-electron chi connectivity index (χ3n) is 5.56. The van der Waals surface area contributed by atoms with E-state index in [9.17, 15) is 9.59 Å². The van der Waals surface area contributed by atoms with Crippen molar-refractivity contribution < 1.29 is 14.3 Å². The number of methoxy groups -OCH3 is 2. The van der Waals surface area contributed by atoms with Gasteiger partial charge in [-0.15, -0.1) is 0 Å². The van der Waals surface area contributed by atoms with Crippen molar-refractivity contribution in [3.05, 3.63) is 63.2 Å². The minimum absolute atomic E-state index is 0.215. The van der Waals surface area contributed by atoms with Crippen molar-refractivity contribution in [2.75, 3.05) is 41.4 Å². The Morgan fingerprint density at radius 1 is 1.09 bits per heavy atom. The van der Waals surface area contributed by atoms with Crippen LogP contribution < -0.4 is 15.0 Å². The van der Waals surface area contributed by atoms with Crippen LogP contribution in [0.15, 0.2) is 41.2 Å². The highest BCUT2D eigenvalue weighted by Gasteiger charge is 2.27. The molecule has 176 valence electrons. The van der Waals surface area contributed by atoms with Gasteiger partial charge in [0.2, 0.25) is 0 Å². The topological polar surface area (TPSA) is 76.9 Å². The van der Waals surface area contributed by atoms with Crippen molar-refractivity contribution in [2.24, 2.45) is 7.05 Å². The molecule has 1 unspecified atom stereocenters. The smallest absolute Gasteiger partial charge is 0.261 e. The van der Waals surface area contributed by atoms with Gasteiger partial charge in [-0.3, -0.25) is 14.2 Å². The Morgan fingerprint density at radius 3 is 2.30 bits per heavy atom. The lowest BCUT2D eigenvalue weighted by Crippen LogP contribution is -2.40. The standard InChI is InChI=1S/C24H29ClN4O4/c1-15(22-26-21-8-7-17(25)13-20(21)24(31)28(22)4)29(10-9-27(2)3)23(30)16-11-18(32-5)14-19(12-16)33-6/h7-8,11-15H,9-10H2,1-6H3. The number of carbonyl (C=O) groups excluding carboxylic acids is 1. The highest BCUT2D eigenvalue weighted by atomic mass is 35.5. The fraction of sp³-hybridized carbons (Fsp3) is 0.375. The number of likely N-dealkylation sites (N-methyl/N-ethyl adjacent to an activating group) is 1. The second kappa shape index (κ2) is 10.2. The van der Waals surface area contributed by atoms with E-state index in [1.807, 2.05) is 25.9 Å². The van der Waals surface area contributed by atoms with Crippen LogP contribution in [0.1, 0.15) is 29.1 Å². The van der Waals surface area contributed by atoms with Gasteiger partial charge in [-0.1, -0.05) is 11.6 Å². The quantitative estimate of drug-likeness (QED) is 0.500. The van der Waals surface area contributed by atoms with Gasteiger partial charge in [0.15, 0.2) is 0 Å². The summed E-state index contributed by atoms with van der Waals surface area (Å²) < 4.78 is 12.1. The minimum atomic E-state index is -0.479. The average Bonchev–Trinajstić information content (AvgIpc) is 2.80. The number of carbonyl (C=O) groups is 1. The second-order valence-corrected chi connectivity index (χ2v) is 8.51. The molecule has 0 spiro atoms. The zero-order valence-electron chi connectivity index (χ0n) is 19.8. The van der Waals surface area contributed by atoms with Crippen LogP contribution in [0.3, 0.4) is 0 Å². The van der Waals surface area contributed by atoms with Crippen LogP contribution in [0, 0.1) is 0 Å². The molecule has 0 saturated carbocycles. The molecule has 9 heteroatoms. The molecule has 3 rings (SSSR count). The first-order chi connectivity index (χ1) is 15.7. The first kappa shape index (κ1) is 24.5. The lowest BCUT2D eigenvalue weighted by molar-refractivity contribution is 0.0665. The van der Waals surface area contributed by atoms with Gasteiger partial charge in [0, 0.05) is 36.8 Å². The summed E-state index contributed by atoms with van der Waals surface area (Å²) in [6.45, 7) is 2.93. The summed E-state index contributed by atoms with van der Waals surface area (Å²) >= 11 is 6.07. The number of aromatic nitrogens is 2. The van der Waals surface area contributed by atoms with Gasteiger partial charge in [-0.05, 0) is 51.4 Å². The van der Waals surface area contributed by atoms with Crippen LogP contribution in [-0.4, -0.2) is 66.7 Å². The number of nitrogens with zero attached hydrogens (tertiary/aromatic N) is 4. The maximum Gasteiger partial charge on any atom is 0.261 e. The van der Waals surface area contributed by atoms with Gasteiger partial charge >= 0.3 is 0 Å². The molecule has 0 aliphatic carbocycles. The summed E-state index contributed by atoms with van der Waals surface area (Å²) in [5.74, 6) is 1.31. The number of hydrogen-bond donors (Lipinski definition) is 0. The van der Waals surface area contributed by atoms with Crippen LogP contribution in [0.4, 0.5) is 0 Å². The van der Waals surface area contributed by atoms with E-state index in [2.05, 4.69) is 0 Å². The Bertz CT molecular complexity index is 1200. The Kier molecular flexibility index (Phi) is 7.61. The summed E-state index contributed by atoms with van der Waals surface area (Å²) in [5, 5.41) is 0.904. The fourth-order valence-corrected chi connectivity index (χ4v) is 3.82. The third kappa shape index (κ3) is 5.29. The number of benzene rings is 2. The summed E-state index contributed by atoms with van der Waals surface area (Å²) in [6, 6.07) is 9.61. The molecular weight excluding hydrogens is 444 g/mol. The van der Waals surface area contributed by atoms with Gasteiger partial charge < -0.3 is 19.3 Å². The second-order valence-electron chi connectivity index (χ2n) is 8.07.